The second kappa shape index (κ2) is 6.16. The van der Waals surface area contributed by atoms with Crippen molar-refractivity contribution in [1.82, 2.24) is 25.0 Å². The quantitative estimate of drug-likeness (QED) is 0.897. The third-order valence-corrected chi connectivity index (χ3v) is 7.37. The topological polar surface area (TPSA) is 65.1 Å². The molecule has 3 aliphatic rings. The molecule has 0 aromatic carbocycles. The van der Waals surface area contributed by atoms with Crippen molar-refractivity contribution >= 4 is 17.2 Å². The zero-order chi connectivity index (χ0) is 17.7. The van der Waals surface area contributed by atoms with E-state index in [1.807, 2.05) is 16.5 Å². The molecule has 26 heavy (non-hydrogen) atoms. The third kappa shape index (κ3) is 2.68. The number of rotatable bonds is 4. The van der Waals surface area contributed by atoms with Gasteiger partial charge in [0.05, 0.1) is 6.54 Å². The molecule has 138 valence electrons. The van der Waals surface area contributed by atoms with Crippen LogP contribution >= 0.6 is 11.3 Å². The number of nitrogens with one attached hydrogen (secondary N) is 1. The van der Waals surface area contributed by atoms with E-state index in [2.05, 4.69) is 27.1 Å². The van der Waals surface area contributed by atoms with E-state index in [0.717, 1.165) is 51.7 Å². The molecule has 3 heterocycles. The standard InChI is InChI=1S/C19H25N5OS/c1-23(12-16-20-7-10-26-16)15-11-19(15)5-8-24(9-6-19)18(25)17-13-3-2-4-14(13)21-22-17/h7,10,15H,2-6,8-9,11-12H2,1H3,(H,21,22). The second-order valence-corrected chi connectivity index (χ2v) is 9.08. The van der Waals surface area contributed by atoms with Crippen molar-refractivity contribution in [3.8, 4) is 0 Å². The summed E-state index contributed by atoms with van der Waals surface area (Å²) < 4.78 is 0. The minimum absolute atomic E-state index is 0.132. The Hall–Kier alpha value is -1.73. The summed E-state index contributed by atoms with van der Waals surface area (Å²) in [5, 5.41) is 10.6. The number of H-pyrrole nitrogens is 1. The molecule has 1 unspecified atom stereocenters. The number of carbonyl (C=O) groups excluding carboxylic acids is 1. The Morgan fingerprint density at radius 2 is 2.27 bits per heavy atom. The first-order chi connectivity index (χ1) is 12.7. The monoisotopic (exact) mass is 371 g/mol. The van der Waals surface area contributed by atoms with E-state index in [-0.39, 0.29) is 5.91 Å². The van der Waals surface area contributed by atoms with Crippen molar-refractivity contribution in [2.75, 3.05) is 20.1 Å². The minimum Gasteiger partial charge on any atom is -0.337 e. The molecule has 1 atom stereocenters. The first kappa shape index (κ1) is 16.4. The molecule has 0 radical (unpaired) electrons. The van der Waals surface area contributed by atoms with Gasteiger partial charge in [0.2, 0.25) is 0 Å². The number of amides is 1. The average molecular weight is 372 g/mol. The van der Waals surface area contributed by atoms with Crippen LogP contribution in [0, 0.1) is 5.41 Å². The van der Waals surface area contributed by atoms with E-state index in [4.69, 9.17) is 0 Å². The normalized spacial score (nSPS) is 23.6. The number of piperidine rings is 1. The van der Waals surface area contributed by atoms with E-state index >= 15 is 0 Å². The molecular formula is C19H25N5OS. The van der Waals surface area contributed by atoms with E-state index in [1.165, 1.54) is 22.7 Å². The number of nitrogens with zero attached hydrogens (tertiary/aromatic N) is 4. The molecule has 1 saturated carbocycles. The Morgan fingerprint density at radius 1 is 1.42 bits per heavy atom. The molecule has 1 N–H and O–H groups in total. The van der Waals surface area contributed by atoms with Gasteiger partial charge in [-0.15, -0.1) is 11.3 Å². The lowest BCUT2D eigenvalue weighted by Crippen LogP contribution is -2.41. The third-order valence-electron chi connectivity index (χ3n) is 6.60. The largest absolute Gasteiger partial charge is 0.337 e. The van der Waals surface area contributed by atoms with Crippen LogP contribution in [0.25, 0.3) is 0 Å². The highest BCUT2D eigenvalue weighted by Gasteiger charge is 2.57. The van der Waals surface area contributed by atoms with Crippen LogP contribution in [-0.4, -0.2) is 57.1 Å². The maximum absolute atomic E-state index is 12.9. The van der Waals surface area contributed by atoms with Crippen molar-refractivity contribution in [1.29, 1.82) is 0 Å². The summed E-state index contributed by atoms with van der Waals surface area (Å²) in [6.45, 7) is 2.66. The molecule has 1 spiro atoms. The van der Waals surface area contributed by atoms with Gasteiger partial charge >= 0.3 is 0 Å². The highest BCUT2D eigenvalue weighted by atomic mass is 32.1. The Bertz CT molecular complexity index is 806. The maximum atomic E-state index is 12.9. The Balaban J connectivity index is 1.20. The molecule has 6 nitrogen and oxygen atoms in total. The van der Waals surface area contributed by atoms with E-state index in [9.17, 15) is 4.79 Å². The molecule has 2 aliphatic carbocycles. The molecule has 2 aromatic rings. The fraction of sp³-hybridized carbons (Fsp3) is 0.632. The van der Waals surface area contributed by atoms with Gasteiger partial charge in [0.25, 0.3) is 5.91 Å². The van der Waals surface area contributed by atoms with Crippen LogP contribution in [0.1, 0.15) is 52.4 Å². The van der Waals surface area contributed by atoms with E-state index in [0.29, 0.717) is 17.2 Å². The number of hydrogen-bond donors (Lipinski definition) is 1. The van der Waals surface area contributed by atoms with Crippen LogP contribution < -0.4 is 0 Å². The first-order valence-electron chi connectivity index (χ1n) is 9.60. The van der Waals surface area contributed by atoms with Crippen LogP contribution in [0.5, 0.6) is 0 Å². The number of likely N-dealkylation sites (tertiary alicyclic amines) is 1. The van der Waals surface area contributed by atoms with Gasteiger partial charge in [0.15, 0.2) is 5.69 Å². The maximum Gasteiger partial charge on any atom is 0.274 e. The molecule has 1 aliphatic heterocycles. The fourth-order valence-electron chi connectivity index (χ4n) is 4.94. The number of aromatic nitrogens is 3. The molecule has 1 saturated heterocycles. The zero-order valence-electron chi connectivity index (χ0n) is 15.2. The van der Waals surface area contributed by atoms with Crippen LogP contribution in [0.3, 0.4) is 0 Å². The smallest absolute Gasteiger partial charge is 0.274 e. The van der Waals surface area contributed by atoms with Gasteiger partial charge in [0.1, 0.15) is 5.01 Å². The molecule has 0 bridgehead atoms. The minimum atomic E-state index is 0.132. The highest BCUT2D eigenvalue weighted by Crippen LogP contribution is 2.56. The van der Waals surface area contributed by atoms with Gasteiger partial charge < -0.3 is 4.90 Å². The Labute approximate surface area is 157 Å². The first-order valence-corrected chi connectivity index (χ1v) is 10.5. The second-order valence-electron chi connectivity index (χ2n) is 8.10. The summed E-state index contributed by atoms with van der Waals surface area (Å²) in [6, 6.07) is 0.637. The van der Waals surface area contributed by atoms with Crippen molar-refractivity contribution in [2.45, 2.75) is 51.1 Å². The van der Waals surface area contributed by atoms with Gasteiger partial charge in [-0.25, -0.2) is 4.98 Å². The van der Waals surface area contributed by atoms with Crippen molar-refractivity contribution in [3.05, 3.63) is 33.5 Å². The molecule has 2 aromatic heterocycles. The van der Waals surface area contributed by atoms with Crippen LogP contribution in [-0.2, 0) is 19.4 Å². The average Bonchev–Trinajstić information content (AvgIpc) is 3.09. The van der Waals surface area contributed by atoms with Crippen molar-refractivity contribution in [2.24, 2.45) is 5.41 Å². The number of carbonyl (C=O) groups is 1. The van der Waals surface area contributed by atoms with Crippen molar-refractivity contribution in [3.63, 3.8) is 0 Å². The van der Waals surface area contributed by atoms with Crippen molar-refractivity contribution < 1.29 is 4.79 Å². The summed E-state index contributed by atoms with van der Waals surface area (Å²) >= 11 is 1.73. The number of aryl methyl sites for hydroxylation is 1. The SMILES string of the molecule is CN(Cc1nccs1)C1CC12CCN(C(=O)c1n[nH]c3c1CCC3)CC2. The number of aromatic amines is 1. The summed E-state index contributed by atoms with van der Waals surface area (Å²) in [6.07, 6.45) is 8.53. The summed E-state index contributed by atoms with van der Waals surface area (Å²) in [5.74, 6) is 0.132. The number of thiazole rings is 1. The predicted octanol–water partition coefficient (Wildman–Crippen LogP) is 2.48. The Morgan fingerprint density at radius 3 is 3.04 bits per heavy atom. The molecule has 1 amide bonds. The van der Waals surface area contributed by atoms with Gasteiger partial charge in [-0.2, -0.15) is 5.10 Å². The van der Waals surface area contributed by atoms with Crippen LogP contribution in [0.4, 0.5) is 0 Å². The van der Waals surface area contributed by atoms with E-state index < -0.39 is 0 Å². The zero-order valence-corrected chi connectivity index (χ0v) is 16.0. The highest BCUT2D eigenvalue weighted by molar-refractivity contribution is 7.09. The lowest BCUT2D eigenvalue weighted by Gasteiger charge is -2.34. The molecule has 2 fully saturated rings. The Kier molecular flexibility index (Phi) is 3.90. The predicted molar refractivity (Wildman–Crippen MR) is 100 cm³/mol. The van der Waals surface area contributed by atoms with Gasteiger partial charge in [0, 0.05) is 42.0 Å². The molecule has 5 rings (SSSR count). The van der Waals surface area contributed by atoms with Crippen LogP contribution in [0.2, 0.25) is 0 Å². The number of fused-ring (bicyclic) bond motifs is 1. The molecular weight excluding hydrogens is 346 g/mol. The van der Waals surface area contributed by atoms with Gasteiger partial charge in [-0.3, -0.25) is 14.8 Å². The van der Waals surface area contributed by atoms with E-state index in [1.54, 1.807) is 11.3 Å². The lowest BCUT2D eigenvalue weighted by molar-refractivity contribution is 0.0650. The van der Waals surface area contributed by atoms with Gasteiger partial charge in [-0.05, 0) is 51.0 Å². The summed E-state index contributed by atoms with van der Waals surface area (Å²) in [5.41, 5.74) is 3.44. The molecule has 7 heteroatoms. The van der Waals surface area contributed by atoms with Crippen LogP contribution in [0.15, 0.2) is 11.6 Å². The fourth-order valence-corrected chi connectivity index (χ4v) is 5.62. The summed E-state index contributed by atoms with van der Waals surface area (Å²) in [7, 11) is 2.21. The lowest BCUT2D eigenvalue weighted by atomic mass is 9.92. The van der Waals surface area contributed by atoms with Gasteiger partial charge in [-0.1, -0.05) is 0 Å². The summed E-state index contributed by atoms with van der Waals surface area (Å²) in [4.78, 5) is 21.8. The number of hydrogen-bond acceptors (Lipinski definition) is 5.